The van der Waals surface area contributed by atoms with Crippen LogP contribution in [0.25, 0.3) is 0 Å². The number of carbonyl (C=O) groups excluding carboxylic acids is 1. The Kier molecular flexibility index (Phi) is 4.57. The van der Waals surface area contributed by atoms with Crippen LogP contribution in [0.3, 0.4) is 0 Å². The van der Waals surface area contributed by atoms with Crippen LogP contribution in [0.4, 0.5) is 4.39 Å². The first-order valence-electron chi connectivity index (χ1n) is 6.77. The van der Waals surface area contributed by atoms with Gasteiger partial charge in [-0.3, -0.25) is 4.79 Å². The van der Waals surface area contributed by atoms with Gasteiger partial charge in [0.1, 0.15) is 5.82 Å². The number of hydrazone groups is 1. The maximum absolute atomic E-state index is 12.8. The molecule has 0 saturated heterocycles. The fourth-order valence-corrected chi connectivity index (χ4v) is 2.46. The van der Waals surface area contributed by atoms with Crippen LogP contribution in [-0.4, -0.2) is 18.9 Å². The zero-order chi connectivity index (χ0) is 16.2. The van der Waals surface area contributed by atoms with Gasteiger partial charge in [-0.1, -0.05) is 12.1 Å². The van der Waals surface area contributed by atoms with E-state index < -0.39 is 0 Å². The van der Waals surface area contributed by atoms with Crippen molar-refractivity contribution in [3.63, 3.8) is 0 Å². The first kappa shape index (κ1) is 15.5. The molecule has 0 spiro atoms. The van der Waals surface area contributed by atoms with Gasteiger partial charge in [0.15, 0.2) is 11.5 Å². The number of rotatable bonds is 4. The molecule has 2 aromatic carbocycles. The van der Waals surface area contributed by atoms with Gasteiger partial charge in [0.2, 0.25) is 12.7 Å². The molecule has 0 bridgehead atoms. The van der Waals surface area contributed by atoms with Crippen LogP contribution in [0.5, 0.6) is 11.5 Å². The van der Waals surface area contributed by atoms with Gasteiger partial charge in [0, 0.05) is 10.0 Å². The Bertz CT molecular complexity index is 763. The Hall–Kier alpha value is -2.41. The van der Waals surface area contributed by atoms with E-state index in [2.05, 4.69) is 26.5 Å². The smallest absolute Gasteiger partial charge is 0.244 e. The second-order valence-electron chi connectivity index (χ2n) is 4.82. The number of carbonyl (C=O) groups is 1. The number of hydrogen-bond acceptors (Lipinski definition) is 4. The summed E-state index contributed by atoms with van der Waals surface area (Å²) in [5.41, 5.74) is 3.89. The lowest BCUT2D eigenvalue weighted by Gasteiger charge is -2.02. The van der Waals surface area contributed by atoms with E-state index in [-0.39, 0.29) is 24.9 Å². The number of amides is 1. The minimum absolute atomic E-state index is 0.125. The summed E-state index contributed by atoms with van der Waals surface area (Å²) in [7, 11) is 0. The van der Waals surface area contributed by atoms with Crippen molar-refractivity contribution in [1.29, 1.82) is 0 Å². The summed E-state index contributed by atoms with van der Waals surface area (Å²) in [6, 6.07) is 9.30. The third kappa shape index (κ3) is 3.87. The molecule has 0 unspecified atom stereocenters. The van der Waals surface area contributed by atoms with Crippen molar-refractivity contribution in [3.05, 3.63) is 57.8 Å². The number of hydrogen-bond donors (Lipinski definition) is 1. The molecular weight excluding hydrogens is 367 g/mol. The third-order valence-corrected chi connectivity index (χ3v) is 3.85. The lowest BCUT2D eigenvalue weighted by atomic mass is 10.1. The molecule has 1 aliphatic heterocycles. The molecule has 1 aliphatic rings. The zero-order valence-corrected chi connectivity index (χ0v) is 13.5. The lowest BCUT2D eigenvalue weighted by molar-refractivity contribution is -0.120. The van der Waals surface area contributed by atoms with E-state index in [9.17, 15) is 9.18 Å². The average molecular weight is 379 g/mol. The summed E-state index contributed by atoms with van der Waals surface area (Å²) in [6.45, 7) is 0.191. The quantitative estimate of drug-likeness (QED) is 0.657. The summed E-state index contributed by atoms with van der Waals surface area (Å²) in [4.78, 5) is 11.8. The Morgan fingerprint density at radius 1 is 1.26 bits per heavy atom. The van der Waals surface area contributed by atoms with Crippen LogP contribution in [0.2, 0.25) is 0 Å². The summed E-state index contributed by atoms with van der Waals surface area (Å²) >= 11 is 3.40. The first-order chi connectivity index (χ1) is 11.1. The van der Waals surface area contributed by atoms with Crippen LogP contribution in [0.1, 0.15) is 11.1 Å². The average Bonchev–Trinajstić information content (AvgIpc) is 2.97. The second-order valence-corrected chi connectivity index (χ2v) is 5.68. The van der Waals surface area contributed by atoms with Gasteiger partial charge in [0.25, 0.3) is 0 Å². The molecule has 5 nitrogen and oxygen atoms in total. The van der Waals surface area contributed by atoms with Crippen molar-refractivity contribution in [3.8, 4) is 11.5 Å². The summed E-state index contributed by atoms with van der Waals surface area (Å²) in [5.74, 6) is 0.672. The number of nitrogens with one attached hydrogen (secondary N) is 1. The summed E-state index contributed by atoms with van der Waals surface area (Å²) in [6.07, 6.45) is 1.63. The zero-order valence-electron chi connectivity index (χ0n) is 11.9. The number of fused-ring (bicyclic) bond motifs is 1. The van der Waals surface area contributed by atoms with E-state index in [1.807, 2.05) is 0 Å². The van der Waals surface area contributed by atoms with Crippen LogP contribution in [0, 0.1) is 5.82 Å². The molecule has 2 aromatic rings. The van der Waals surface area contributed by atoms with Gasteiger partial charge in [-0.25, -0.2) is 9.82 Å². The molecule has 1 amide bonds. The molecular formula is C16H12BrFN2O3. The minimum Gasteiger partial charge on any atom is -0.454 e. The molecule has 118 valence electrons. The highest BCUT2D eigenvalue weighted by molar-refractivity contribution is 9.10. The molecule has 23 heavy (non-hydrogen) atoms. The Morgan fingerprint density at radius 2 is 1.96 bits per heavy atom. The van der Waals surface area contributed by atoms with Crippen LogP contribution < -0.4 is 14.9 Å². The van der Waals surface area contributed by atoms with Gasteiger partial charge in [-0.05, 0) is 45.8 Å². The normalized spacial score (nSPS) is 12.6. The number of nitrogens with zero attached hydrogens (tertiary/aromatic N) is 1. The number of halogens is 2. The Balaban J connectivity index is 1.60. The van der Waals surface area contributed by atoms with Crippen molar-refractivity contribution in [2.75, 3.05) is 6.79 Å². The monoisotopic (exact) mass is 378 g/mol. The van der Waals surface area contributed by atoms with E-state index in [0.29, 0.717) is 17.1 Å². The van der Waals surface area contributed by atoms with Crippen molar-refractivity contribution in [2.24, 2.45) is 5.10 Å². The Labute approximate surface area is 140 Å². The van der Waals surface area contributed by atoms with Gasteiger partial charge >= 0.3 is 0 Å². The largest absolute Gasteiger partial charge is 0.454 e. The highest BCUT2D eigenvalue weighted by Gasteiger charge is 2.15. The van der Waals surface area contributed by atoms with Crippen molar-refractivity contribution in [2.45, 2.75) is 6.42 Å². The molecule has 1 heterocycles. The van der Waals surface area contributed by atoms with Gasteiger partial charge in [0.05, 0.1) is 12.6 Å². The molecule has 0 saturated carbocycles. The fourth-order valence-electron chi connectivity index (χ4n) is 2.03. The van der Waals surface area contributed by atoms with E-state index in [0.717, 1.165) is 10.0 Å². The highest BCUT2D eigenvalue weighted by Crippen LogP contribution is 2.36. The molecule has 0 atom stereocenters. The first-order valence-corrected chi connectivity index (χ1v) is 7.56. The third-order valence-electron chi connectivity index (χ3n) is 3.16. The van der Waals surface area contributed by atoms with Crippen LogP contribution >= 0.6 is 15.9 Å². The molecule has 7 heteroatoms. The summed E-state index contributed by atoms with van der Waals surface area (Å²) < 4.78 is 24.1. The minimum atomic E-state index is -0.333. The van der Waals surface area contributed by atoms with Crippen molar-refractivity contribution < 1.29 is 18.7 Å². The van der Waals surface area contributed by atoms with Crippen LogP contribution in [-0.2, 0) is 11.2 Å². The van der Waals surface area contributed by atoms with E-state index in [1.54, 1.807) is 24.3 Å². The van der Waals surface area contributed by atoms with E-state index in [1.165, 1.54) is 18.3 Å². The number of ether oxygens (including phenoxy) is 2. The topological polar surface area (TPSA) is 59.9 Å². The lowest BCUT2D eigenvalue weighted by Crippen LogP contribution is -2.19. The highest BCUT2D eigenvalue weighted by atomic mass is 79.9. The SMILES string of the molecule is O=C(Cc1ccc(F)cc1)N/N=C\c1cc2c(cc1Br)OCO2. The molecule has 3 rings (SSSR count). The van der Waals surface area contributed by atoms with Gasteiger partial charge < -0.3 is 9.47 Å². The van der Waals surface area contributed by atoms with Gasteiger partial charge in [-0.2, -0.15) is 5.10 Å². The Morgan fingerprint density at radius 3 is 2.70 bits per heavy atom. The summed E-state index contributed by atoms with van der Waals surface area (Å²) in [5, 5.41) is 3.92. The number of benzene rings is 2. The molecule has 0 aromatic heterocycles. The molecule has 0 fully saturated rings. The standard InChI is InChI=1S/C16H12BrFN2O3/c17-13-7-15-14(22-9-23-15)6-11(13)8-19-20-16(21)5-10-1-3-12(18)4-2-10/h1-4,6-8H,5,9H2,(H,20,21)/b19-8-. The van der Waals surface area contributed by atoms with E-state index >= 15 is 0 Å². The van der Waals surface area contributed by atoms with Crippen molar-refractivity contribution in [1.82, 2.24) is 5.43 Å². The molecule has 0 aliphatic carbocycles. The maximum atomic E-state index is 12.8. The fraction of sp³-hybridized carbons (Fsp3) is 0.125. The molecule has 1 N–H and O–H groups in total. The maximum Gasteiger partial charge on any atom is 0.244 e. The second kappa shape index (κ2) is 6.78. The predicted octanol–water partition coefficient (Wildman–Crippen LogP) is 3.01. The van der Waals surface area contributed by atoms with Crippen molar-refractivity contribution >= 4 is 28.1 Å². The van der Waals surface area contributed by atoms with Crippen LogP contribution in [0.15, 0.2) is 46.0 Å². The predicted molar refractivity (Wildman–Crippen MR) is 86.1 cm³/mol. The van der Waals surface area contributed by atoms with E-state index in [4.69, 9.17) is 9.47 Å². The van der Waals surface area contributed by atoms with Gasteiger partial charge in [-0.15, -0.1) is 0 Å². The molecule has 0 radical (unpaired) electrons.